The first kappa shape index (κ1) is 22.3. The fraction of sp³-hybridized carbons (Fsp3) is 0.190. The second kappa shape index (κ2) is 9.61. The quantitative estimate of drug-likeness (QED) is 0.508. The summed E-state index contributed by atoms with van der Waals surface area (Å²) in [5.74, 6) is 0.126. The number of amides is 1. The molecule has 162 valence electrons. The fourth-order valence-corrected chi connectivity index (χ4v) is 3.55. The Bertz CT molecular complexity index is 1080. The molecular weight excluding hydrogens is 433 g/mol. The number of rotatable bonds is 8. The molecule has 31 heavy (non-hydrogen) atoms. The van der Waals surface area contributed by atoms with Gasteiger partial charge in [-0.3, -0.25) is 14.9 Å². The van der Waals surface area contributed by atoms with Crippen LogP contribution in [0.1, 0.15) is 26.4 Å². The first-order chi connectivity index (χ1) is 14.8. The third-order valence-corrected chi connectivity index (χ3v) is 5.03. The standard InChI is InChI=1S/C21H17F3N2O4S/c1-29-17-6-5-14(11-27)9-18(17)30-12-19(28)26-20-25-10-16(31-20)8-13-3-2-4-15(7-13)21(22,23)24/h2-7,9-11H,8,12H2,1H3,(H,25,26,28). The molecule has 2 aromatic carbocycles. The van der Waals surface area contributed by atoms with Crippen molar-refractivity contribution in [3.05, 3.63) is 70.2 Å². The van der Waals surface area contributed by atoms with Crippen molar-refractivity contribution >= 4 is 28.7 Å². The predicted octanol–water partition coefficient (Wildman–Crippen LogP) is 4.59. The van der Waals surface area contributed by atoms with Crippen LogP contribution in [0, 0.1) is 0 Å². The van der Waals surface area contributed by atoms with Crippen molar-refractivity contribution in [3.63, 3.8) is 0 Å². The van der Waals surface area contributed by atoms with E-state index in [1.54, 1.807) is 18.2 Å². The van der Waals surface area contributed by atoms with E-state index in [1.807, 2.05) is 0 Å². The zero-order valence-electron chi connectivity index (χ0n) is 16.2. The number of aldehydes is 1. The SMILES string of the molecule is COc1ccc(C=O)cc1OCC(=O)Nc1ncc(Cc2cccc(C(F)(F)F)c2)s1. The minimum absolute atomic E-state index is 0.242. The molecule has 0 saturated carbocycles. The smallest absolute Gasteiger partial charge is 0.416 e. The van der Waals surface area contributed by atoms with Gasteiger partial charge >= 0.3 is 6.18 Å². The lowest BCUT2D eigenvalue weighted by molar-refractivity contribution is -0.137. The van der Waals surface area contributed by atoms with Gasteiger partial charge in [0.05, 0.1) is 12.7 Å². The maximum absolute atomic E-state index is 12.8. The summed E-state index contributed by atoms with van der Waals surface area (Å²) in [6.45, 7) is -0.346. The summed E-state index contributed by atoms with van der Waals surface area (Å²) in [7, 11) is 1.43. The van der Waals surface area contributed by atoms with Crippen LogP contribution in [0.4, 0.5) is 18.3 Å². The largest absolute Gasteiger partial charge is 0.493 e. The molecule has 3 rings (SSSR count). The van der Waals surface area contributed by atoms with Gasteiger partial charge < -0.3 is 9.47 Å². The van der Waals surface area contributed by atoms with Crippen molar-refractivity contribution in [1.29, 1.82) is 0 Å². The van der Waals surface area contributed by atoms with Crippen molar-refractivity contribution in [2.75, 3.05) is 19.0 Å². The molecule has 1 N–H and O–H groups in total. The molecule has 0 atom stereocenters. The van der Waals surface area contributed by atoms with Gasteiger partial charge in [0.1, 0.15) is 6.29 Å². The minimum atomic E-state index is -4.41. The van der Waals surface area contributed by atoms with E-state index in [9.17, 15) is 22.8 Å². The number of aromatic nitrogens is 1. The topological polar surface area (TPSA) is 77.5 Å². The zero-order chi connectivity index (χ0) is 22.4. The average molecular weight is 450 g/mol. The van der Waals surface area contributed by atoms with Crippen LogP contribution in [0.15, 0.2) is 48.7 Å². The Hall–Kier alpha value is -3.40. The van der Waals surface area contributed by atoms with Crippen LogP contribution < -0.4 is 14.8 Å². The number of hydrogen-bond acceptors (Lipinski definition) is 6. The number of halogens is 3. The van der Waals surface area contributed by atoms with Gasteiger partial charge in [0, 0.05) is 23.1 Å². The van der Waals surface area contributed by atoms with E-state index >= 15 is 0 Å². The number of anilines is 1. The molecule has 0 aliphatic rings. The highest BCUT2D eigenvalue weighted by molar-refractivity contribution is 7.15. The van der Waals surface area contributed by atoms with E-state index in [0.29, 0.717) is 33.2 Å². The van der Waals surface area contributed by atoms with E-state index in [0.717, 1.165) is 23.5 Å². The number of carbonyl (C=O) groups excluding carboxylic acids is 2. The Balaban J connectivity index is 1.59. The first-order valence-electron chi connectivity index (χ1n) is 8.95. The third-order valence-electron chi connectivity index (χ3n) is 4.12. The second-order valence-corrected chi connectivity index (χ2v) is 7.49. The summed E-state index contributed by atoms with van der Waals surface area (Å²) in [5, 5.41) is 2.87. The van der Waals surface area contributed by atoms with E-state index in [1.165, 1.54) is 25.4 Å². The van der Waals surface area contributed by atoms with Gasteiger partial charge in [-0.15, -0.1) is 11.3 Å². The van der Waals surface area contributed by atoms with E-state index < -0.39 is 17.6 Å². The third kappa shape index (κ3) is 6.05. The summed E-state index contributed by atoms with van der Waals surface area (Å²) in [4.78, 5) is 27.8. The lowest BCUT2D eigenvalue weighted by atomic mass is 10.1. The predicted molar refractivity (Wildman–Crippen MR) is 109 cm³/mol. The lowest BCUT2D eigenvalue weighted by Crippen LogP contribution is -2.20. The Kier molecular flexibility index (Phi) is 6.91. The van der Waals surface area contributed by atoms with Crippen molar-refractivity contribution in [2.45, 2.75) is 12.6 Å². The van der Waals surface area contributed by atoms with E-state index in [-0.39, 0.29) is 18.8 Å². The number of nitrogens with zero attached hydrogens (tertiary/aromatic N) is 1. The molecule has 0 radical (unpaired) electrons. The van der Waals surface area contributed by atoms with Crippen LogP contribution >= 0.6 is 11.3 Å². The number of nitrogens with one attached hydrogen (secondary N) is 1. The molecular formula is C21H17F3N2O4S. The number of hydrogen-bond donors (Lipinski definition) is 1. The maximum Gasteiger partial charge on any atom is 0.416 e. The number of thiazole rings is 1. The van der Waals surface area contributed by atoms with Gasteiger partial charge in [-0.2, -0.15) is 13.2 Å². The molecule has 0 unspecified atom stereocenters. The van der Waals surface area contributed by atoms with Crippen LogP contribution in [-0.2, 0) is 17.4 Å². The van der Waals surface area contributed by atoms with Crippen LogP contribution in [0.2, 0.25) is 0 Å². The molecule has 0 aliphatic heterocycles. The average Bonchev–Trinajstić information content (AvgIpc) is 3.18. The maximum atomic E-state index is 12.8. The number of methoxy groups -OCH3 is 1. The van der Waals surface area contributed by atoms with Gasteiger partial charge in [-0.05, 0) is 29.8 Å². The molecule has 0 aliphatic carbocycles. The number of ether oxygens (including phenoxy) is 2. The molecule has 3 aromatic rings. The normalized spacial score (nSPS) is 11.1. The number of benzene rings is 2. The number of alkyl halides is 3. The Morgan fingerprint density at radius 2 is 2.00 bits per heavy atom. The highest BCUT2D eigenvalue weighted by Gasteiger charge is 2.30. The molecule has 0 fully saturated rings. The monoisotopic (exact) mass is 450 g/mol. The minimum Gasteiger partial charge on any atom is -0.493 e. The molecule has 6 nitrogen and oxygen atoms in total. The van der Waals surface area contributed by atoms with Crippen LogP contribution in [-0.4, -0.2) is 30.9 Å². The molecule has 0 saturated heterocycles. The fourth-order valence-electron chi connectivity index (χ4n) is 2.68. The lowest BCUT2D eigenvalue weighted by Gasteiger charge is -2.10. The van der Waals surface area contributed by atoms with Crippen molar-refractivity contribution < 1.29 is 32.2 Å². The van der Waals surface area contributed by atoms with Crippen molar-refractivity contribution in [3.8, 4) is 11.5 Å². The summed E-state index contributed by atoms with van der Waals surface area (Å²) in [6.07, 6.45) is -2.01. The molecule has 1 amide bonds. The van der Waals surface area contributed by atoms with Crippen molar-refractivity contribution in [2.24, 2.45) is 0 Å². The van der Waals surface area contributed by atoms with E-state index in [2.05, 4.69) is 10.3 Å². The van der Waals surface area contributed by atoms with Gasteiger partial charge in [-0.25, -0.2) is 4.98 Å². The molecule has 1 aromatic heterocycles. The summed E-state index contributed by atoms with van der Waals surface area (Å²) >= 11 is 1.15. The van der Waals surface area contributed by atoms with Gasteiger partial charge in [0.25, 0.3) is 5.91 Å². The first-order valence-corrected chi connectivity index (χ1v) is 9.77. The van der Waals surface area contributed by atoms with E-state index in [4.69, 9.17) is 9.47 Å². The Morgan fingerprint density at radius 1 is 1.19 bits per heavy atom. The summed E-state index contributed by atoms with van der Waals surface area (Å²) in [6, 6.07) is 9.62. The van der Waals surface area contributed by atoms with Crippen molar-refractivity contribution in [1.82, 2.24) is 4.98 Å². The zero-order valence-corrected chi connectivity index (χ0v) is 17.0. The Morgan fingerprint density at radius 3 is 2.71 bits per heavy atom. The second-order valence-electron chi connectivity index (χ2n) is 6.37. The molecule has 0 spiro atoms. The molecule has 10 heteroatoms. The van der Waals surface area contributed by atoms with Gasteiger partial charge in [0.15, 0.2) is 23.2 Å². The highest BCUT2D eigenvalue weighted by atomic mass is 32.1. The highest BCUT2D eigenvalue weighted by Crippen LogP contribution is 2.31. The summed E-state index contributed by atoms with van der Waals surface area (Å²) < 4.78 is 49.1. The van der Waals surface area contributed by atoms with Gasteiger partial charge in [-0.1, -0.05) is 18.2 Å². The van der Waals surface area contributed by atoms with Crippen LogP contribution in [0.5, 0.6) is 11.5 Å². The van der Waals surface area contributed by atoms with Crippen LogP contribution in [0.3, 0.4) is 0 Å². The summed E-state index contributed by atoms with van der Waals surface area (Å²) in [5.41, 5.74) is 0.145. The van der Waals surface area contributed by atoms with Crippen LogP contribution in [0.25, 0.3) is 0 Å². The number of carbonyl (C=O) groups is 2. The molecule has 1 heterocycles. The Labute approximate surface area is 179 Å². The van der Waals surface area contributed by atoms with Gasteiger partial charge in [0.2, 0.25) is 0 Å². The molecule has 0 bridgehead atoms.